The topological polar surface area (TPSA) is 125 Å². The lowest BCUT2D eigenvalue weighted by Crippen LogP contribution is -2.40. The minimum Gasteiger partial charge on any atom is -0.369 e. The summed E-state index contributed by atoms with van der Waals surface area (Å²) in [5.41, 5.74) is 11.0. The van der Waals surface area contributed by atoms with Crippen LogP contribution in [0, 0.1) is 24.3 Å². The molecule has 174 valence electrons. The number of halogens is 1. The molecule has 2 aromatic heterocycles. The van der Waals surface area contributed by atoms with Gasteiger partial charge < -0.3 is 16.4 Å². The maximum Gasteiger partial charge on any atom is 0.231 e. The smallest absolute Gasteiger partial charge is 0.231 e. The average Bonchev–Trinajstić information content (AvgIpc) is 3.17. The van der Waals surface area contributed by atoms with E-state index >= 15 is 0 Å². The number of carbonyl (C=O) groups excluding carboxylic acids is 1. The number of rotatable bonds is 7. The highest BCUT2D eigenvalue weighted by atomic mass is 127. The molecule has 1 fully saturated rings. The van der Waals surface area contributed by atoms with E-state index in [0.29, 0.717) is 30.0 Å². The van der Waals surface area contributed by atoms with Gasteiger partial charge in [0.1, 0.15) is 0 Å². The Balaban J connectivity index is 1.52. The molecule has 1 aliphatic rings. The number of hydrogen-bond donors (Lipinski definition) is 4. The number of benzene rings is 1. The van der Waals surface area contributed by atoms with Crippen molar-refractivity contribution in [1.82, 2.24) is 25.1 Å². The van der Waals surface area contributed by atoms with Crippen molar-refractivity contribution in [2.45, 2.75) is 39.5 Å². The summed E-state index contributed by atoms with van der Waals surface area (Å²) in [7, 11) is 0. The van der Waals surface area contributed by atoms with Crippen molar-refractivity contribution in [3.63, 3.8) is 0 Å². The van der Waals surface area contributed by atoms with Gasteiger partial charge in [-0.2, -0.15) is 10.1 Å². The number of aryl methyl sites for hydroxylation is 3. The molecule has 1 atom stereocenters. The first-order valence-corrected chi connectivity index (χ1v) is 12.1. The van der Waals surface area contributed by atoms with Crippen LogP contribution in [0.25, 0.3) is 0 Å². The fourth-order valence-corrected chi connectivity index (χ4v) is 4.72. The van der Waals surface area contributed by atoms with Crippen LogP contribution in [0.2, 0.25) is 0 Å². The van der Waals surface area contributed by atoms with E-state index in [1.807, 2.05) is 13.0 Å². The highest BCUT2D eigenvalue weighted by Gasteiger charge is 2.24. The molecule has 3 aromatic rings. The number of amides is 1. The number of H-pyrrole nitrogens is 1. The number of nitrogens with one attached hydrogen (secondary N) is 3. The molecule has 4 rings (SSSR count). The minimum absolute atomic E-state index is 0.267. The molecule has 33 heavy (non-hydrogen) atoms. The molecule has 5 N–H and O–H groups in total. The minimum atomic E-state index is -0.267. The third kappa shape index (κ3) is 5.80. The lowest BCUT2D eigenvalue weighted by atomic mass is 9.86. The summed E-state index contributed by atoms with van der Waals surface area (Å²) in [5.74, 6) is 2.06. The molecule has 0 bridgehead atoms. The molecule has 3 heterocycles. The molecule has 1 unspecified atom stereocenters. The van der Waals surface area contributed by atoms with Crippen LogP contribution in [-0.2, 0) is 4.79 Å². The molecular formula is C23H29IN8O. The van der Waals surface area contributed by atoms with E-state index in [1.54, 1.807) is 6.20 Å². The number of nitrogens with two attached hydrogens (primary N) is 1. The number of aromatic amines is 1. The van der Waals surface area contributed by atoms with E-state index in [2.05, 4.69) is 84.3 Å². The zero-order valence-electron chi connectivity index (χ0n) is 19.1. The Hall–Kier alpha value is -2.73. The second kappa shape index (κ2) is 10.0. The van der Waals surface area contributed by atoms with Crippen LogP contribution < -0.4 is 16.4 Å². The zero-order valence-corrected chi connectivity index (χ0v) is 21.2. The molecule has 0 spiro atoms. The van der Waals surface area contributed by atoms with Gasteiger partial charge in [-0.05, 0) is 91.4 Å². The summed E-state index contributed by atoms with van der Waals surface area (Å²) in [5, 5.41) is 13.7. The van der Waals surface area contributed by atoms with E-state index in [0.717, 1.165) is 46.4 Å². The number of anilines is 4. The second-order valence-electron chi connectivity index (χ2n) is 8.64. The summed E-state index contributed by atoms with van der Waals surface area (Å²) in [4.78, 5) is 22.6. The van der Waals surface area contributed by atoms with Crippen molar-refractivity contribution in [3.8, 4) is 0 Å². The number of carbonyl (C=O) groups is 1. The first-order chi connectivity index (χ1) is 15.8. The van der Waals surface area contributed by atoms with Crippen LogP contribution in [0.3, 0.4) is 0 Å². The quantitative estimate of drug-likeness (QED) is 0.324. The Labute approximate surface area is 207 Å². The first kappa shape index (κ1) is 23.4. The van der Waals surface area contributed by atoms with Gasteiger partial charge in [-0.3, -0.25) is 14.8 Å². The molecule has 0 aliphatic carbocycles. The molecule has 1 aromatic carbocycles. The first-order valence-electron chi connectivity index (χ1n) is 11.0. The van der Waals surface area contributed by atoms with Crippen LogP contribution in [0.15, 0.2) is 24.4 Å². The van der Waals surface area contributed by atoms with Gasteiger partial charge in [0.2, 0.25) is 11.9 Å². The van der Waals surface area contributed by atoms with Crippen LogP contribution in [0.1, 0.15) is 41.1 Å². The Morgan fingerprint density at radius 3 is 2.79 bits per heavy atom. The Kier molecular flexibility index (Phi) is 7.13. The van der Waals surface area contributed by atoms with Crippen LogP contribution in [0.5, 0.6) is 0 Å². The summed E-state index contributed by atoms with van der Waals surface area (Å²) in [6.45, 7) is 8.29. The normalized spacial score (nSPS) is 16.5. The van der Waals surface area contributed by atoms with Gasteiger partial charge in [-0.25, -0.2) is 4.98 Å². The molecule has 1 aliphatic heterocycles. The lowest BCUT2D eigenvalue weighted by molar-refractivity contribution is -0.119. The van der Waals surface area contributed by atoms with E-state index in [4.69, 9.17) is 5.73 Å². The predicted molar refractivity (Wildman–Crippen MR) is 138 cm³/mol. The van der Waals surface area contributed by atoms with Gasteiger partial charge in [0.25, 0.3) is 0 Å². The predicted octanol–water partition coefficient (Wildman–Crippen LogP) is 3.88. The molecule has 0 radical (unpaired) electrons. The highest BCUT2D eigenvalue weighted by molar-refractivity contribution is 14.1. The third-order valence-corrected chi connectivity index (χ3v) is 6.67. The zero-order chi connectivity index (χ0) is 23.5. The standard InChI is InChI=1S/C23H29IN8O/c1-13-8-19(14(2)7-17(13)16-5-4-6-32(11-16)12-20(25)33)27-23-26-10-18(24)22(29-23)28-21-9-15(3)30-31-21/h7-10,16H,4-6,11-12H2,1-3H3,(H2,25,33)(H3,26,27,28,29,30,31). The average molecular weight is 560 g/mol. The van der Waals surface area contributed by atoms with Crippen molar-refractivity contribution < 1.29 is 4.79 Å². The molecule has 0 saturated carbocycles. The van der Waals surface area contributed by atoms with Gasteiger partial charge in [-0.15, -0.1) is 0 Å². The number of nitrogens with zero attached hydrogens (tertiary/aromatic N) is 4. The maximum absolute atomic E-state index is 11.3. The van der Waals surface area contributed by atoms with Gasteiger partial charge >= 0.3 is 0 Å². The largest absolute Gasteiger partial charge is 0.369 e. The molecule has 1 saturated heterocycles. The Morgan fingerprint density at radius 1 is 1.24 bits per heavy atom. The van der Waals surface area contributed by atoms with Crippen LogP contribution in [0.4, 0.5) is 23.3 Å². The molecule has 9 nitrogen and oxygen atoms in total. The summed E-state index contributed by atoms with van der Waals surface area (Å²) in [6, 6.07) is 6.32. The fraction of sp³-hybridized carbons (Fsp3) is 0.391. The summed E-state index contributed by atoms with van der Waals surface area (Å²) >= 11 is 2.21. The van der Waals surface area contributed by atoms with Crippen molar-refractivity contribution in [1.29, 1.82) is 0 Å². The van der Waals surface area contributed by atoms with Crippen molar-refractivity contribution in [3.05, 3.63) is 50.4 Å². The Bertz CT molecular complexity index is 1160. The van der Waals surface area contributed by atoms with E-state index < -0.39 is 0 Å². The van der Waals surface area contributed by atoms with Crippen molar-refractivity contribution in [2.75, 3.05) is 30.3 Å². The van der Waals surface area contributed by atoms with Crippen molar-refractivity contribution in [2.24, 2.45) is 5.73 Å². The van der Waals surface area contributed by atoms with Gasteiger partial charge in [0.05, 0.1) is 10.1 Å². The molecule has 1 amide bonds. The number of likely N-dealkylation sites (tertiary alicyclic amines) is 1. The SMILES string of the molecule is Cc1cc(Nc2nc(Nc3cc(C)c(C4CCCN(CC(N)=O)C4)cc3C)ncc2I)n[nH]1. The van der Waals surface area contributed by atoms with Gasteiger partial charge in [0, 0.05) is 30.2 Å². The van der Waals surface area contributed by atoms with Gasteiger partial charge in [-0.1, -0.05) is 6.07 Å². The van der Waals surface area contributed by atoms with Crippen LogP contribution >= 0.6 is 22.6 Å². The highest BCUT2D eigenvalue weighted by Crippen LogP contribution is 2.33. The monoisotopic (exact) mass is 560 g/mol. The molecule has 10 heteroatoms. The van der Waals surface area contributed by atoms with E-state index in [-0.39, 0.29) is 5.91 Å². The number of primary amides is 1. The second-order valence-corrected chi connectivity index (χ2v) is 9.80. The number of aromatic nitrogens is 4. The van der Waals surface area contributed by atoms with E-state index in [1.165, 1.54) is 11.1 Å². The van der Waals surface area contributed by atoms with E-state index in [9.17, 15) is 4.79 Å². The van der Waals surface area contributed by atoms with Gasteiger partial charge in [0.15, 0.2) is 11.6 Å². The number of piperidine rings is 1. The summed E-state index contributed by atoms with van der Waals surface area (Å²) < 4.78 is 0.903. The summed E-state index contributed by atoms with van der Waals surface area (Å²) in [6.07, 6.45) is 3.96. The number of hydrogen-bond acceptors (Lipinski definition) is 7. The lowest BCUT2D eigenvalue weighted by Gasteiger charge is -2.33. The maximum atomic E-state index is 11.3. The molecular weight excluding hydrogens is 531 g/mol. The fourth-order valence-electron chi connectivity index (χ4n) is 4.33. The third-order valence-electron chi connectivity index (χ3n) is 5.88. The Morgan fingerprint density at radius 2 is 2.06 bits per heavy atom. The van der Waals surface area contributed by atoms with Crippen molar-refractivity contribution >= 4 is 51.8 Å². The van der Waals surface area contributed by atoms with Crippen LogP contribution in [-0.4, -0.2) is 50.6 Å².